The zero-order valence-corrected chi connectivity index (χ0v) is 20.0. The Morgan fingerprint density at radius 3 is 2.45 bits per heavy atom. The zero-order valence-electron chi connectivity index (χ0n) is 20.0. The van der Waals surface area contributed by atoms with Gasteiger partial charge in [-0.05, 0) is 61.7 Å². The lowest BCUT2D eigenvalue weighted by Gasteiger charge is -2.56. The molecule has 0 aromatic rings. The predicted molar refractivity (Wildman–Crippen MR) is 121 cm³/mol. The number of carbonyl (C=O) groups excluding carboxylic acids is 2. The largest absolute Gasteiger partial charge is 0.392 e. The van der Waals surface area contributed by atoms with Gasteiger partial charge < -0.3 is 20.5 Å². The maximum absolute atomic E-state index is 13.0. The van der Waals surface area contributed by atoms with Crippen LogP contribution < -0.4 is 10.6 Å². The fourth-order valence-electron chi connectivity index (χ4n) is 6.75. The maximum Gasteiger partial charge on any atom is 0.223 e. The van der Waals surface area contributed by atoms with Crippen molar-refractivity contribution >= 4 is 11.8 Å². The average Bonchev–Trinajstić information content (AvgIpc) is 2.74. The molecule has 178 valence electrons. The van der Waals surface area contributed by atoms with Crippen molar-refractivity contribution in [1.82, 2.24) is 10.6 Å². The normalized spacial score (nSPS) is 37.5. The van der Waals surface area contributed by atoms with E-state index >= 15 is 0 Å². The number of aliphatic hydroxyl groups is 1. The van der Waals surface area contributed by atoms with Crippen molar-refractivity contribution < 1.29 is 19.4 Å². The standard InChI is InChI=1S/C25H44N2O4/c1-16(24(30)26-18-8-6-5-7-9-18)19-10-13-25(3)14-11-20(17(2)22(25)23(19)29)27-21(28)12-15-31-4/h16-20,22-23,29H,5-15H2,1-4H3,(H,26,30)(H,27,28)/t16-,17+,19-,20-,22+,23-,25-/m0/s1. The predicted octanol–water partition coefficient (Wildman–Crippen LogP) is 3.42. The molecule has 6 heteroatoms. The molecule has 3 aliphatic carbocycles. The Morgan fingerprint density at radius 1 is 1.10 bits per heavy atom. The quantitative estimate of drug-likeness (QED) is 0.571. The van der Waals surface area contributed by atoms with Crippen molar-refractivity contribution in [3.05, 3.63) is 0 Å². The fourth-order valence-corrected chi connectivity index (χ4v) is 6.75. The van der Waals surface area contributed by atoms with Crippen LogP contribution in [0.25, 0.3) is 0 Å². The van der Waals surface area contributed by atoms with Gasteiger partial charge in [0.2, 0.25) is 11.8 Å². The van der Waals surface area contributed by atoms with Crippen LogP contribution in [0.2, 0.25) is 0 Å². The molecule has 0 saturated heterocycles. The minimum absolute atomic E-state index is 0.0179. The Bertz CT molecular complexity index is 621. The lowest BCUT2D eigenvalue weighted by molar-refractivity contribution is -0.144. The Labute approximate surface area is 188 Å². The van der Waals surface area contributed by atoms with Crippen LogP contribution in [0.1, 0.15) is 85.0 Å². The van der Waals surface area contributed by atoms with Gasteiger partial charge >= 0.3 is 0 Å². The third-order valence-electron chi connectivity index (χ3n) is 8.77. The molecule has 6 nitrogen and oxygen atoms in total. The monoisotopic (exact) mass is 436 g/mol. The summed E-state index contributed by atoms with van der Waals surface area (Å²) >= 11 is 0. The second kappa shape index (κ2) is 10.7. The third-order valence-corrected chi connectivity index (χ3v) is 8.77. The number of hydrogen-bond acceptors (Lipinski definition) is 4. The van der Waals surface area contributed by atoms with Crippen molar-refractivity contribution in [1.29, 1.82) is 0 Å². The van der Waals surface area contributed by atoms with Crippen LogP contribution in [-0.2, 0) is 14.3 Å². The first-order chi connectivity index (χ1) is 14.8. The summed E-state index contributed by atoms with van der Waals surface area (Å²) in [4.78, 5) is 25.3. The summed E-state index contributed by atoms with van der Waals surface area (Å²) in [7, 11) is 1.60. The molecule has 0 aliphatic heterocycles. The first-order valence-corrected chi connectivity index (χ1v) is 12.5. The number of amides is 2. The lowest BCUT2D eigenvalue weighted by atomic mass is 9.51. The highest BCUT2D eigenvalue weighted by Gasteiger charge is 2.53. The van der Waals surface area contributed by atoms with Crippen molar-refractivity contribution in [3.63, 3.8) is 0 Å². The van der Waals surface area contributed by atoms with Gasteiger partial charge in [-0.1, -0.05) is 40.0 Å². The SMILES string of the molecule is COCCC(=O)N[C@H]1CC[C@]2(C)CC[C@@H]([C@H](C)C(=O)NC3CCCCC3)[C@H](O)[C@H]2[C@@H]1C. The summed E-state index contributed by atoms with van der Waals surface area (Å²) in [6, 6.07) is 0.372. The summed E-state index contributed by atoms with van der Waals surface area (Å²) in [6.07, 6.45) is 9.55. The van der Waals surface area contributed by atoms with Crippen LogP contribution in [-0.4, -0.2) is 48.8 Å². The molecular weight excluding hydrogens is 392 g/mol. The van der Waals surface area contributed by atoms with Gasteiger partial charge in [0, 0.05) is 31.5 Å². The highest BCUT2D eigenvalue weighted by molar-refractivity contribution is 5.79. The van der Waals surface area contributed by atoms with E-state index in [1.807, 2.05) is 6.92 Å². The van der Waals surface area contributed by atoms with Crippen molar-refractivity contribution in [2.24, 2.45) is 29.1 Å². The molecule has 3 fully saturated rings. The molecule has 0 bridgehead atoms. The van der Waals surface area contributed by atoms with Crippen LogP contribution in [0.15, 0.2) is 0 Å². The maximum atomic E-state index is 13.0. The molecule has 3 aliphatic rings. The zero-order chi connectivity index (χ0) is 22.6. The van der Waals surface area contributed by atoms with Crippen LogP contribution in [0, 0.1) is 29.1 Å². The smallest absolute Gasteiger partial charge is 0.223 e. The third kappa shape index (κ3) is 5.62. The van der Waals surface area contributed by atoms with E-state index in [9.17, 15) is 14.7 Å². The van der Waals surface area contributed by atoms with Gasteiger partial charge in [0.1, 0.15) is 0 Å². The van der Waals surface area contributed by atoms with E-state index in [1.165, 1.54) is 19.3 Å². The molecule has 0 unspecified atom stereocenters. The number of ether oxygens (including phenoxy) is 1. The number of hydrogen-bond donors (Lipinski definition) is 3. The van der Waals surface area contributed by atoms with E-state index in [0.717, 1.165) is 38.5 Å². The molecule has 0 radical (unpaired) electrons. The van der Waals surface area contributed by atoms with Gasteiger partial charge in [0.25, 0.3) is 0 Å². The molecule has 31 heavy (non-hydrogen) atoms. The molecule has 3 rings (SSSR count). The summed E-state index contributed by atoms with van der Waals surface area (Å²) in [6.45, 7) is 6.88. The molecule has 0 aromatic heterocycles. The topological polar surface area (TPSA) is 87.7 Å². The Kier molecular flexibility index (Phi) is 8.42. The first kappa shape index (κ1) is 24.5. The Balaban J connectivity index is 1.64. The van der Waals surface area contributed by atoms with Gasteiger partial charge in [-0.2, -0.15) is 0 Å². The molecule has 2 amide bonds. The van der Waals surface area contributed by atoms with Crippen molar-refractivity contribution in [3.8, 4) is 0 Å². The van der Waals surface area contributed by atoms with Crippen molar-refractivity contribution in [2.75, 3.05) is 13.7 Å². The second-order valence-corrected chi connectivity index (χ2v) is 10.8. The molecule has 3 saturated carbocycles. The first-order valence-electron chi connectivity index (χ1n) is 12.5. The number of aliphatic hydroxyl groups excluding tert-OH is 1. The number of nitrogens with one attached hydrogen (secondary N) is 2. The second-order valence-electron chi connectivity index (χ2n) is 10.8. The highest BCUT2D eigenvalue weighted by Crippen LogP contribution is 2.55. The number of carbonyl (C=O) groups is 2. The van der Waals surface area contributed by atoms with E-state index in [4.69, 9.17) is 4.74 Å². The van der Waals surface area contributed by atoms with Crippen LogP contribution >= 0.6 is 0 Å². The average molecular weight is 437 g/mol. The number of fused-ring (bicyclic) bond motifs is 1. The van der Waals surface area contributed by atoms with Gasteiger partial charge in [-0.25, -0.2) is 0 Å². The van der Waals surface area contributed by atoms with Gasteiger partial charge in [0.15, 0.2) is 0 Å². The van der Waals surface area contributed by atoms with Crippen LogP contribution in [0.4, 0.5) is 0 Å². The summed E-state index contributed by atoms with van der Waals surface area (Å²) in [5, 5.41) is 18.0. The fraction of sp³-hybridized carbons (Fsp3) is 0.920. The molecule has 0 aromatic carbocycles. The summed E-state index contributed by atoms with van der Waals surface area (Å²) < 4.78 is 5.03. The van der Waals surface area contributed by atoms with E-state index in [1.54, 1.807) is 7.11 Å². The molecular formula is C25H44N2O4. The van der Waals surface area contributed by atoms with Gasteiger partial charge in [-0.15, -0.1) is 0 Å². The minimum Gasteiger partial charge on any atom is -0.392 e. The molecule has 7 atom stereocenters. The Hall–Kier alpha value is -1.14. The van der Waals surface area contributed by atoms with Crippen molar-refractivity contribution in [2.45, 2.75) is 103 Å². The van der Waals surface area contributed by atoms with Crippen LogP contribution in [0.3, 0.4) is 0 Å². The molecule has 0 heterocycles. The molecule has 0 spiro atoms. The Morgan fingerprint density at radius 2 is 1.77 bits per heavy atom. The van der Waals surface area contributed by atoms with Crippen LogP contribution in [0.5, 0.6) is 0 Å². The van der Waals surface area contributed by atoms with Gasteiger partial charge in [-0.3, -0.25) is 9.59 Å². The molecule has 3 N–H and O–H groups in total. The van der Waals surface area contributed by atoms with E-state index < -0.39 is 6.10 Å². The van der Waals surface area contributed by atoms with E-state index in [-0.39, 0.29) is 46.9 Å². The minimum atomic E-state index is -0.514. The van der Waals surface area contributed by atoms with E-state index in [2.05, 4.69) is 24.5 Å². The summed E-state index contributed by atoms with van der Waals surface area (Å²) in [5.74, 6) is 0.184. The number of rotatable bonds is 7. The lowest BCUT2D eigenvalue weighted by Crippen LogP contribution is -2.58. The highest BCUT2D eigenvalue weighted by atomic mass is 16.5. The summed E-state index contributed by atoms with van der Waals surface area (Å²) in [5.41, 5.74) is 0.0721. The van der Waals surface area contributed by atoms with Gasteiger partial charge in [0.05, 0.1) is 12.7 Å². The number of methoxy groups -OCH3 is 1. The van der Waals surface area contributed by atoms with E-state index in [0.29, 0.717) is 19.1 Å².